The Morgan fingerprint density at radius 2 is 1.92 bits per heavy atom. The number of aromatic amines is 1. The molecule has 3 N–H and O–H groups in total. The summed E-state index contributed by atoms with van der Waals surface area (Å²) in [4.78, 5) is 34.8. The number of carbonyl (C=O) groups is 1. The Kier molecular flexibility index (Phi) is 6.30. The maximum Gasteiger partial charge on any atom is 0.337 e. The molecule has 0 saturated carbocycles. The number of hydrogen-bond donors (Lipinski definition) is 3. The zero-order valence-electron chi connectivity index (χ0n) is 21.9. The highest BCUT2D eigenvalue weighted by molar-refractivity contribution is 5.94. The standard InChI is InChI=1S/C31H30N4O4/c1-18-14-23(19(2)34-26-8-4-3-6-22(26)31(37)38)29-24(15-18)27(36)16-28(39-29)35-12-9-20(10-13-35)25-17-33-30-21(25)7-5-11-32-30/h3-8,11,14-17,19-20,34H,9-10,12-13H2,1-2H3,(H,32,33)(H,37,38). The molecule has 3 aromatic heterocycles. The van der Waals surface area contributed by atoms with Gasteiger partial charge in [-0.05, 0) is 74.1 Å². The van der Waals surface area contributed by atoms with Gasteiger partial charge in [0, 0.05) is 48.2 Å². The molecule has 1 atom stereocenters. The van der Waals surface area contributed by atoms with Crippen LogP contribution in [0.3, 0.4) is 0 Å². The predicted molar refractivity (Wildman–Crippen MR) is 153 cm³/mol. The van der Waals surface area contributed by atoms with E-state index in [4.69, 9.17) is 4.42 Å². The van der Waals surface area contributed by atoms with Crippen molar-refractivity contribution in [3.63, 3.8) is 0 Å². The molecular weight excluding hydrogens is 492 g/mol. The van der Waals surface area contributed by atoms with Gasteiger partial charge in [0.05, 0.1) is 17.0 Å². The first-order valence-corrected chi connectivity index (χ1v) is 13.2. The molecule has 39 heavy (non-hydrogen) atoms. The van der Waals surface area contributed by atoms with Gasteiger partial charge in [-0.2, -0.15) is 0 Å². The first-order chi connectivity index (χ1) is 18.9. The van der Waals surface area contributed by atoms with Crippen LogP contribution in [0.15, 0.2) is 76.2 Å². The number of piperidine rings is 1. The number of benzene rings is 2. The number of carboxylic acids is 1. The third kappa shape index (κ3) is 4.63. The molecule has 8 heteroatoms. The summed E-state index contributed by atoms with van der Waals surface area (Å²) >= 11 is 0. The van der Waals surface area contributed by atoms with E-state index >= 15 is 0 Å². The lowest BCUT2D eigenvalue weighted by Gasteiger charge is -2.32. The van der Waals surface area contributed by atoms with E-state index in [0.29, 0.717) is 28.5 Å². The summed E-state index contributed by atoms with van der Waals surface area (Å²) in [6.45, 7) is 5.43. The number of aryl methyl sites for hydroxylation is 1. The number of rotatable bonds is 6. The summed E-state index contributed by atoms with van der Waals surface area (Å²) in [5.74, 6) is -0.0292. The lowest BCUT2D eigenvalue weighted by Crippen LogP contribution is -2.33. The average molecular weight is 523 g/mol. The Labute approximate surface area is 225 Å². The van der Waals surface area contributed by atoms with E-state index in [-0.39, 0.29) is 17.0 Å². The monoisotopic (exact) mass is 522 g/mol. The van der Waals surface area contributed by atoms with Gasteiger partial charge in [-0.25, -0.2) is 9.78 Å². The molecule has 0 aliphatic carbocycles. The van der Waals surface area contributed by atoms with E-state index in [1.54, 1.807) is 36.5 Å². The number of pyridine rings is 1. The van der Waals surface area contributed by atoms with Gasteiger partial charge in [-0.15, -0.1) is 0 Å². The molecule has 0 radical (unpaired) electrons. The van der Waals surface area contributed by atoms with E-state index in [1.807, 2.05) is 32.0 Å². The average Bonchev–Trinajstić information content (AvgIpc) is 3.37. The third-order valence-electron chi connectivity index (χ3n) is 7.71. The maximum absolute atomic E-state index is 13.3. The van der Waals surface area contributed by atoms with Crippen molar-refractivity contribution in [3.05, 3.63) is 99.5 Å². The van der Waals surface area contributed by atoms with Crippen molar-refractivity contribution in [1.82, 2.24) is 9.97 Å². The first-order valence-electron chi connectivity index (χ1n) is 13.2. The van der Waals surface area contributed by atoms with E-state index in [0.717, 1.165) is 42.7 Å². The van der Waals surface area contributed by atoms with Crippen LogP contribution in [0.25, 0.3) is 22.0 Å². The van der Waals surface area contributed by atoms with Crippen molar-refractivity contribution in [1.29, 1.82) is 0 Å². The fourth-order valence-electron chi connectivity index (χ4n) is 5.73. The van der Waals surface area contributed by atoms with Crippen LogP contribution >= 0.6 is 0 Å². The van der Waals surface area contributed by atoms with E-state index < -0.39 is 5.97 Å². The molecule has 2 aromatic carbocycles. The van der Waals surface area contributed by atoms with E-state index in [1.165, 1.54) is 10.9 Å². The highest BCUT2D eigenvalue weighted by Gasteiger charge is 2.26. The Balaban J connectivity index is 1.29. The van der Waals surface area contributed by atoms with Gasteiger partial charge in [0.15, 0.2) is 11.3 Å². The van der Waals surface area contributed by atoms with Crippen LogP contribution in [0, 0.1) is 6.92 Å². The molecule has 8 nitrogen and oxygen atoms in total. The molecule has 1 saturated heterocycles. The van der Waals surface area contributed by atoms with Gasteiger partial charge >= 0.3 is 5.97 Å². The van der Waals surface area contributed by atoms with Crippen molar-refractivity contribution in [2.45, 2.75) is 38.6 Å². The Bertz CT molecular complexity index is 1750. The first kappa shape index (κ1) is 24.7. The van der Waals surface area contributed by atoms with Crippen molar-refractivity contribution >= 4 is 39.5 Å². The molecule has 1 unspecified atom stereocenters. The quantitative estimate of drug-likeness (QED) is 0.242. The largest absolute Gasteiger partial charge is 0.478 e. The number of nitrogens with one attached hydrogen (secondary N) is 2. The Hall–Kier alpha value is -4.59. The van der Waals surface area contributed by atoms with Crippen LogP contribution in [-0.4, -0.2) is 34.1 Å². The maximum atomic E-state index is 13.3. The van der Waals surface area contributed by atoms with Crippen molar-refractivity contribution in [2.24, 2.45) is 0 Å². The minimum atomic E-state index is -1.000. The van der Waals surface area contributed by atoms with Gasteiger partial charge in [-0.3, -0.25) is 4.79 Å². The lowest BCUT2D eigenvalue weighted by atomic mass is 9.89. The normalized spacial score (nSPS) is 15.1. The summed E-state index contributed by atoms with van der Waals surface area (Å²) in [6, 6.07) is 16.0. The molecule has 198 valence electrons. The fourth-order valence-corrected chi connectivity index (χ4v) is 5.73. The summed E-state index contributed by atoms with van der Waals surface area (Å²) < 4.78 is 6.45. The van der Waals surface area contributed by atoms with Gasteiger partial charge in [0.2, 0.25) is 0 Å². The molecule has 5 aromatic rings. The molecule has 1 aliphatic heterocycles. The SMILES string of the molecule is Cc1cc(C(C)Nc2ccccc2C(=O)O)c2oc(N3CCC(c4c[nH]c5ncccc45)CC3)cc(=O)c2c1. The molecule has 1 fully saturated rings. The number of para-hydroxylation sites is 1. The van der Waals surface area contributed by atoms with Crippen LogP contribution in [0.4, 0.5) is 11.6 Å². The molecule has 1 aliphatic rings. The van der Waals surface area contributed by atoms with Gasteiger partial charge in [0.1, 0.15) is 11.2 Å². The Morgan fingerprint density at radius 1 is 1.13 bits per heavy atom. The number of H-pyrrole nitrogens is 1. The molecule has 0 bridgehead atoms. The van der Waals surface area contributed by atoms with E-state index in [2.05, 4.69) is 32.4 Å². The number of aromatic carboxylic acids is 1. The number of aromatic nitrogens is 2. The third-order valence-corrected chi connectivity index (χ3v) is 7.71. The van der Waals surface area contributed by atoms with Gasteiger partial charge in [0.25, 0.3) is 0 Å². The van der Waals surface area contributed by atoms with Crippen molar-refractivity contribution < 1.29 is 14.3 Å². The van der Waals surface area contributed by atoms with Crippen LogP contribution in [0.5, 0.6) is 0 Å². The number of nitrogens with zero attached hydrogens (tertiary/aromatic N) is 2. The van der Waals surface area contributed by atoms with Crippen LogP contribution in [0.2, 0.25) is 0 Å². The lowest BCUT2D eigenvalue weighted by molar-refractivity contribution is 0.0698. The minimum absolute atomic E-state index is 0.0841. The highest BCUT2D eigenvalue weighted by atomic mass is 16.4. The highest BCUT2D eigenvalue weighted by Crippen LogP contribution is 2.35. The molecule has 6 rings (SSSR count). The predicted octanol–water partition coefficient (Wildman–Crippen LogP) is 6.23. The topological polar surface area (TPSA) is 111 Å². The number of fused-ring (bicyclic) bond motifs is 2. The van der Waals surface area contributed by atoms with E-state index in [9.17, 15) is 14.7 Å². The zero-order chi connectivity index (χ0) is 27.1. The zero-order valence-corrected chi connectivity index (χ0v) is 21.9. The molecular formula is C31H30N4O4. The van der Waals surface area contributed by atoms with Crippen LogP contribution < -0.4 is 15.6 Å². The molecule has 4 heterocycles. The van der Waals surface area contributed by atoms with Crippen LogP contribution in [-0.2, 0) is 0 Å². The van der Waals surface area contributed by atoms with Crippen molar-refractivity contribution in [3.8, 4) is 0 Å². The van der Waals surface area contributed by atoms with Gasteiger partial charge < -0.3 is 24.7 Å². The Morgan fingerprint density at radius 3 is 2.72 bits per heavy atom. The summed E-state index contributed by atoms with van der Waals surface area (Å²) in [6.07, 6.45) is 5.74. The smallest absolute Gasteiger partial charge is 0.337 e. The van der Waals surface area contributed by atoms with Crippen molar-refractivity contribution in [2.75, 3.05) is 23.3 Å². The second-order valence-corrected chi connectivity index (χ2v) is 10.3. The van der Waals surface area contributed by atoms with Gasteiger partial charge in [-0.1, -0.05) is 18.2 Å². The van der Waals surface area contributed by atoms with Crippen LogP contribution in [0.1, 0.15) is 58.8 Å². The summed E-state index contributed by atoms with van der Waals surface area (Å²) in [7, 11) is 0. The number of hydrogen-bond acceptors (Lipinski definition) is 6. The number of carboxylic acid groups (broad SMARTS) is 1. The second-order valence-electron chi connectivity index (χ2n) is 10.3. The molecule has 0 amide bonds. The minimum Gasteiger partial charge on any atom is -0.478 e. The number of anilines is 2. The summed E-state index contributed by atoms with van der Waals surface area (Å²) in [5, 5.41) is 14.6. The summed E-state index contributed by atoms with van der Waals surface area (Å²) in [5.41, 5.74) is 5.10. The fraction of sp³-hybridized carbons (Fsp3) is 0.258. The second kappa shape index (κ2) is 9.94. The molecule has 0 spiro atoms.